The fourth-order valence-electron chi connectivity index (χ4n) is 1.29. The van der Waals surface area contributed by atoms with Gasteiger partial charge in [0.2, 0.25) is 11.6 Å². The van der Waals surface area contributed by atoms with Gasteiger partial charge in [0, 0.05) is 0 Å². The van der Waals surface area contributed by atoms with E-state index in [1.807, 2.05) is 13.8 Å². The number of halogens is 3. The van der Waals surface area contributed by atoms with E-state index < -0.39 is 17.8 Å². The molecule has 108 valence electrons. The number of ether oxygens (including phenoxy) is 2. The summed E-state index contributed by atoms with van der Waals surface area (Å²) >= 11 is 0. The molecule has 0 fully saturated rings. The van der Waals surface area contributed by atoms with Gasteiger partial charge in [-0.15, -0.1) is 0 Å². The molecule has 1 rings (SSSR count). The van der Waals surface area contributed by atoms with Gasteiger partial charge < -0.3 is 9.47 Å². The van der Waals surface area contributed by atoms with Crippen molar-refractivity contribution in [2.24, 2.45) is 5.92 Å². The molecule has 0 aromatic heterocycles. The van der Waals surface area contributed by atoms with Crippen LogP contribution in [0.25, 0.3) is 0 Å². The van der Waals surface area contributed by atoms with Gasteiger partial charge in [-0.1, -0.05) is 20.8 Å². The molecule has 0 bridgehead atoms. The maximum atomic E-state index is 13.6. The summed E-state index contributed by atoms with van der Waals surface area (Å²) in [6.45, 7) is 5.45. The van der Waals surface area contributed by atoms with Crippen molar-refractivity contribution in [3.63, 3.8) is 0 Å². The van der Waals surface area contributed by atoms with E-state index in [0.717, 1.165) is 0 Å². The maximum Gasteiger partial charge on any atom is 0.204 e. The second-order valence-electron chi connectivity index (χ2n) is 4.71. The SMILES string of the molecule is CCC(F)COc1ccc(OCC(C)C)c(F)c1F. The smallest absolute Gasteiger partial charge is 0.204 e. The zero-order valence-electron chi connectivity index (χ0n) is 11.4. The van der Waals surface area contributed by atoms with Crippen LogP contribution in [0.15, 0.2) is 12.1 Å². The van der Waals surface area contributed by atoms with Crippen molar-refractivity contribution in [2.45, 2.75) is 33.4 Å². The standard InChI is InChI=1S/C14H19F3O2/c1-4-10(15)8-19-12-6-5-11(13(16)14(12)17)18-7-9(2)3/h5-6,9-10H,4,7-8H2,1-3H3. The Hall–Kier alpha value is -1.39. The van der Waals surface area contributed by atoms with Gasteiger partial charge in [0.1, 0.15) is 12.8 Å². The van der Waals surface area contributed by atoms with Crippen LogP contribution in [-0.4, -0.2) is 19.4 Å². The van der Waals surface area contributed by atoms with Gasteiger partial charge in [-0.25, -0.2) is 4.39 Å². The fraction of sp³-hybridized carbons (Fsp3) is 0.571. The van der Waals surface area contributed by atoms with Gasteiger partial charge in [0.05, 0.1) is 6.61 Å². The van der Waals surface area contributed by atoms with Crippen molar-refractivity contribution in [1.29, 1.82) is 0 Å². The highest BCUT2D eigenvalue weighted by Crippen LogP contribution is 2.28. The molecule has 0 aliphatic rings. The minimum Gasteiger partial charge on any atom is -0.490 e. The lowest BCUT2D eigenvalue weighted by molar-refractivity contribution is 0.183. The van der Waals surface area contributed by atoms with E-state index in [4.69, 9.17) is 9.47 Å². The molecule has 0 aliphatic carbocycles. The average Bonchev–Trinajstić information content (AvgIpc) is 2.38. The Morgan fingerprint density at radius 1 is 1.00 bits per heavy atom. The van der Waals surface area contributed by atoms with Gasteiger partial charge in [-0.3, -0.25) is 0 Å². The van der Waals surface area contributed by atoms with Crippen LogP contribution in [0.3, 0.4) is 0 Å². The topological polar surface area (TPSA) is 18.5 Å². The van der Waals surface area contributed by atoms with Crippen molar-refractivity contribution in [2.75, 3.05) is 13.2 Å². The summed E-state index contributed by atoms with van der Waals surface area (Å²) in [5.41, 5.74) is 0. The zero-order valence-corrected chi connectivity index (χ0v) is 11.4. The molecule has 0 spiro atoms. The lowest BCUT2D eigenvalue weighted by Gasteiger charge is -2.13. The monoisotopic (exact) mass is 276 g/mol. The average molecular weight is 276 g/mol. The third-order valence-corrected chi connectivity index (χ3v) is 2.45. The Morgan fingerprint density at radius 3 is 1.89 bits per heavy atom. The van der Waals surface area contributed by atoms with Crippen LogP contribution in [0.2, 0.25) is 0 Å². The van der Waals surface area contributed by atoms with E-state index in [9.17, 15) is 13.2 Å². The van der Waals surface area contributed by atoms with Crippen LogP contribution in [0.5, 0.6) is 11.5 Å². The highest BCUT2D eigenvalue weighted by atomic mass is 19.2. The first kappa shape index (κ1) is 15.7. The second kappa shape index (κ2) is 7.26. The van der Waals surface area contributed by atoms with Crippen LogP contribution >= 0.6 is 0 Å². The largest absolute Gasteiger partial charge is 0.490 e. The third-order valence-electron chi connectivity index (χ3n) is 2.45. The number of rotatable bonds is 7. The van der Waals surface area contributed by atoms with Crippen LogP contribution < -0.4 is 9.47 Å². The summed E-state index contributed by atoms with van der Waals surface area (Å²) in [5, 5.41) is 0. The molecule has 0 saturated heterocycles. The molecule has 1 unspecified atom stereocenters. The predicted molar refractivity (Wildman–Crippen MR) is 67.4 cm³/mol. The lowest BCUT2D eigenvalue weighted by Crippen LogP contribution is -2.13. The lowest BCUT2D eigenvalue weighted by atomic mass is 10.2. The fourth-order valence-corrected chi connectivity index (χ4v) is 1.29. The van der Waals surface area contributed by atoms with Gasteiger partial charge in [0.25, 0.3) is 0 Å². The highest BCUT2D eigenvalue weighted by Gasteiger charge is 2.17. The Labute approximate surface area is 111 Å². The van der Waals surface area contributed by atoms with Crippen molar-refractivity contribution in [3.8, 4) is 11.5 Å². The first-order chi connectivity index (χ1) is 8.95. The maximum absolute atomic E-state index is 13.6. The van der Waals surface area contributed by atoms with E-state index in [2.05, 4.69) is 0 Å². The van der Waals surface area contributed by atoms with Gasteiger partial charge in [0.15, 0.2) is 11.5 Å². The summed E-state index contributed by atoms with van der Waals surface area (Å²) in [5.74, 6) is -2.51. The Bertz CT molecular complexity index is 408. The number of hydrogen-bond donors (Lipinski definition) is 0. The molecule has 0 N–H and O–H groups in total. The second-order valence-corrected chi connectivity index (χ2v) is 4.71. The zero-order chi connectivity index (χ0) is 14.4. The van der Waals surface area contributed by atoms with Crippen LogP contribution in [-0.2, 0) is 0 Å². The minimum atomic E-state index is -1.20. The van der Waals surface area contributed by atoms with Crippen LogP contribution in [0, 0.1) is 17.6 Å². The van der Waals surface area contributed by atoms with Crippen molar-refractivity contribution >= 4 is 0 Å². The molecular formula is C14H19F3O2. The Balaban J connectivity index is 2.73. The number of hydrogen-bond acceptors (Lipinski definition) is 2. The predicted octanol–water partition coefficient (Wildman–Crippen LogP) is 4.13. The summed E-state index contributed by atoms with van der Waals surface area (Å²) in [4.78, 5) is 0. The van der Waals surface area contributed by atoms with E-state index >= 15 is 0 Å². The molecule has 1 atom stereocenters. The van der Waals surface area contributed by atoms with E-state index in [0.29, 0.717) is 6.61 Å². The van der Waals surface area contributed by atoms with Gasteiger partial charge in [-0.2, -0.15) is 8.78 Å². The summed E-state index contributed by atoms with van der Waals surface area (Å²) in [6.07, 6.45) is -0.931. The molecule has 0 saturated carbocycles. The van der Waals surface area contributed by atoms with Gasteiger partial charge in [-0.05, 0) is 24.5 Å². The van der Waals surface area contributed by atoms with Crippen LogP contribution in [0.1, 0.15) is 27.2 Å². The Kier molecular flexibility index (Phi) is 5.99. The molecule has 1 aromatic carbocycles. The third kappa shape index (κ3) is 4.65. The minimum absolute atomic E-state index is 0.161. The van der Waals surface area contributed by atoms with Crippen molar-refractivity contribution < 1.29 is 22.6 Å². The molecule has 5 heteroatoms. The summed E-state index contributed by atoms with van der Waals surface area (Å²) < 4.78 is 50.3. The number of benzene rings is 1. The Morgan fingerprint density at radius 2 is 1.47 bits per heavy atom. The quantitative estimate of drug-likeness (QED) is 0.745. The molecule has 0 heterocycles. The molecule has 0 aliphatic heterocycles. The van der Waals surface area contributed by atoms with Crippen LogP contribution in [0.4, 0.5) is 13.2 Å². The number of alkyl halides is 1. The van der Waals surface area contributed by atoms with E-state index in [-0.39, 0.29) is 30.4 Å². The normalized spacial score (nSPS) is 12.6. The van der Waals surface area contributed by atoms with Crippen molar-refractivity contribution in [3.05, 3.63) is 23.8 Å². The molecule has 0 amide bonds. The highest BCUT2D eigenvalue weighted by molar-refractivity contribution is 5.35. The first-order valence-electron chi connectivity index (χ1n) is 6.33. The van der Waals surface area contributed by atoms with E-state index in [1.54, 1.807) is 6.92 Å². The molecule has 2 nitrogen and oxygen atoms in total. The van der Waals surface area contributed by atoms with Gasteiger partial charge >= 0.3 is 0 Å². The van der Waals surface area contributed by atoms with Crippen molar-refractivity contribution in [1.82, 2.24) is 0 Å². The molecular weight excluding hydrogens is 257 g/mol. The van der Waals surface area contributed by atoms with E-state index in [1.165, 1.54) is 12.1 Å². The molecule has 19 heavy (non-hydrogen) atoms. The first-order valence-corrected chi connectivity index (χ1v) is 6.33. The molecule has 0 radical (unpaired) electrons. The summed E-state index contributed by atoms with van der Waals surface area (Å²) in [7, 11) is 0. The summed E-state index contributed by atoms with van der Waals surface area (Å²) in [6, 6.07) is 2.53. The molecule has 1 aromatic rings.